The molecule has 0 bridgehead atoms. The van der Waals surface area contributed by atoms with Gasteiger partial charge in [-0.05, 0) is 19.1 Å². The summed E-state index contributed by atoms with van der Waals surface area (Å²) in [5, 5.41) is 3.12. The van der Waals surface area contributed by atoms with Gasteiger partial charge in [0.15, 0.2) is 0 Å². The Morgan fingerprint density at radius 2 is 2.27 bits per heavy atom. The zero-order chi connectivity index (χ0) is 11.0. The third-order valence-electron chi connectivity index (χ3n) is 2.58. The number of rotatable bonds is 0. The molecule has 0 fully saturated rings. The van der Waals surface area contributed by atoms with E-state index in [0.717, 1.165) is 0 Å². The summed E-state index contributed by atoms with van der Waals surface area (Å²) < 4.78 is 13.6. The smallest absolute Gasteiger partial charge is 0.228 e. The Kier molecular flexibility index (Phi) is 2.34. The van der Waals surface area contributed by atoms with Crippen molar-refractivity contribution >= 4 is 17.3 Å². The van der Waals surface area contributed by atoms with Crippen molar-refractivity contribution in [3.8, 4) is 0 Å². The van der Waals surface area contributed by atoms with E-state index in [1.165, 1.54) is 11.0 Å². The van der Waals surface area contributed by atoms with Gasteiger partial charge in [-0.3, -0.25) is 4.79 Å². The molecule has 0 saturated heterocycles. The first-order chi connectivity index (χ1) is 7.09. The molecule has 1 heterocycles. The summed E-state index contributed by atoms with van der Waals surface area (Å²) in [6, 6.07) is 4.81. The predicted molar refractivity (Wildman–Crippen MR) is 57.5 cm³/mol. The Balaban J connectivity index is 2.55. The van der Waals surface area contributed by atoms with E-state index in [1.54, 1.807) is 19.2 Å². The highest BCUT2D eigenvalue weighted by atomic mass is 19.1. The second-order valence-corrected chi connectivity index (χ2v) is 3.84. The lowest BCUT2D eigenvalue weighted by atomic mass is 10.2. The van der Waals surface area contributed by atoms with E-state index in [2.05, 4.69) is 5.32 Å². The van der Waals surface area contributed by atoms with Crippen LogP contribution in [0.25, 0.3) is 0 Å². The van der Waals surface area contributed by atoms with E-state index in [1.807, 2.05) is 6.92 Å². The number of benzene rings is 1. The summed E-state index contributed by atoms with van der Waals surface area (Å²) in [6.07, 6.45) is 0.380. The Labute approximate surface area is 87.9 Å². The minimum atomic E-state index is -0.370. The molecule has 1 amide bonds. The predicted octanol–water partition coefficient (Wildman–Crippen LogP) is 1.99. The molecule has 3 nitrogen and oxygen atoms in total. The van der Waals surface area contributed by atoms with Gasteiger partial charge in [0.1, 0.15) is 11.5 Å². The molecule has 1 atom stereocenters. The molecule has 1 N–H and O–H groups in total. The van der Waals surface area contributed by atoms with Crippen LogP contribution in [0.3, 0.4) is 0 Å². The van der Waals surface area contributed by atoms with Crippen LogP contribution < -0.4 is 10.2 Å². The van der Waals surface area contributed by atoms with Gasteiger partial charge in [0.05, 0.1) is 5.69 Å². The number of halogens is 1. The first-order valence-corrected chi connectivity index (χ1v) is 4.91. The Bertz CT molecular complexity index is 406. The van der Waals surface area contributed by atoms with E-state index in [4.69, 9.17) is 0 Å². The van der Waals surface area contributed by atoms with Gasteiger partial charge in [-0.1, -0.05) is 6.07 Å². The van der Waals surface area contributed by atoms with Gasteiger partial charge in [0.2, 0.25) is 5.91 Å². The normalized spacial score (nSPS) is 20.6. The number of carbonyl (C=O) groups excluding carboxylic acids is 1. The summed E-state index contributed by atoms with van der Waals surface area (Å²) in [5.41, 5.74) is 1.02. The zero-order valence-corrected chi connectivity index (χ0v) is 8.75. The average molecular weight is 208 g/mol. The maximum absolute atomic E-state index is 13.6. The number of nitrogens with one attached hydrogen (secondary N) is 1. The summed E-state index contributed by atoms with van der Waals surface area (Å²) in [6.45, 7) is 1.91. The molecule has 0 aromatic heterocycles. The van der Waals surface area contributed by atoms with Crippen molar-refractivity contribution in [2.24, 2.45) is 0 Å². The van der Waals surface area contributed by atoms with Crippen molar-refractivity contribution in [2.75, 3.05) is 17.3 Å². The van der Waals surface area contributed by atoms with Crippen LogP contribution in [0.2, 0.25) is 0 Å². The first kappa shape index (κ1) is 9.96. The topological polar surface area (TPSA) is 32.3 Å². The van der Waals surface area contributed by atoms with Crippen molar-refractivity contribution in [2.45, 2.75) is 19.4 Å². The molecule has 1 aliphatic rings. The van der Waals surface area contributed by atoms with Gasteiger partial charge in [0, 0.05) is 19.5 Å². The van der Waals surface area contributed by atoms with Gasteiger partial charge in [-0.25, -0.2) is 4.39 Å². The third-order valence-corrected chi connectivity index (χ3v) is 2.58. The quantitative estimate of drug-likeness (QED) is 0.707. The van der Waals surface area contributed by atoms with Crippen molar-refractivity contribution < 1.29 is 9.18 Å². The highest BCUT2D eigenvalue weighted by molar-refractivity contribution is 5.98. The zero-order valence-electron chi connectivity index (χ0n) is 8.75. The van der Waals surface area contributed by atoms with Crippen LogP contribution in [0, 0.1) is 5.82 Å². The number of anilines is 2. The molecule has 0 spiro atoms. The van der Waals surface area contributed by atoms with Gasteiger partial charge < -0.3 is 10.2 Å². The maximum Gasteiger partial charge on any atom is 0.228 e. The largest absolute Gasteiger partial charge is 0.380 e. The van der Waals surface area contributed by atoms with Crippen molar-refractivity contribution in [1.29, 1.82) is 0 Å². The highest BCUT2D eigenvalue weighted by Gasteiger charge is 2.24. The van der Waals surface area contributed by atoms with Crippen LogP contribution >= 0.6 is 0 Å². The van der Waals surface area contributed by atoms with Crippen LogP contribution in [0.15, 0.2) is 18.2 Å². The lowest BCUT2D eigenvalue weighted by molar-refractivity contribution is -0.118. The van der Waals surface area contributed by atoms with E-state index in [9.17, 15) is 9.18 Å². The molecule has 1 aromatic rings. The molecule has 1 unspecified atom stereocenters. The van der Waals surface area contributed by atoms with Gasteiger partial charge in [-0.15, -0.1) is 0 Å². The molecule has 1 aliphatic heterocycles. The number of hydrogen-bond donors (Lipinski definition) is 1. The summed E-state index contributed by atoms with van der Waals surface area (Å²) in [4.78, 5) is 13.0. The molecular weight excluding hydrogens is 195 g/mol. The first-order valence-electron chi connectivity index (χ1n) is 4.91. The molecule has 0 saturated carbocycles. The molecular formula is C11H13FN2O. The van der Waals surface area contributed by atoms with Crippen LogP contribution in [0.4, 0.5) is 15.8 Å². The maximum atomic E-state index is 13.6. The summed E-state index contributed by atoms with van der Waals surface area (Å²) >= 11 is 0. The molecule has 80 valence electrons. The fraction of sp³-hybridized carbons (Fsp3) is 0.364. The van der Waals surface area contributed by atoms with Crippen LogP contribution in [-0.2, 0) is 4.79 Å². The summed E-state index contributed by atoms with van der Waals surface area (Å²) in [7, 11) is 1.60. The van der Waals surface area contributed by atoms with Crippen LogP contribution in [0.5, 0.6) is 0 Å². The standard InChI is InChI=1S/C11H13FN2O/c1-7-6-10(15)14(2)11-8(12)4-3-5-9(11)13-7/h3-5,7,13H,6H2,1-2H3. The lowest BCUT2D eigenvalue weighted by Gasteiger charge is -2.17. The third kappa shape index (κ3) is 1.67. The van der Waals surface area contributed by atoms with Gasteiger partial charge in [0.25, 0.3) is 0 Å². The van der Waals surface area contributed by atoms with Crippen LogP contribution in [-0.4, -0.2) is 19.0 Å². The number of fused-ring (bicyclic) bond motifs is 1. The van der Waals surface area contributed by atoms with Crippen molar-refractivity contribution in [3.63, 3.8) is 0 Å². The van der Waals surface area contributed by atoms with E-state index < -0.39 is 0 Å². The number of nitrogens with zero attached hydrogens (tertiary/aromatic N) is 1. The molecule has 0 aliphatic carbocycles. The molecule has 4 heteroatoms. The van der Waals surface area contributed by atoms with E-state index in [-0.39, 0.29) is 17.8 Å². The second-order valence-electron chi connectivity index (χ2n) is 3.84. The van der Waals surface area contributed by atoms with Crippen LogP contribution in [0.1, 0.15) is 13.3 Å². The Morgan fingerprint density at radius 1 is 1.53 bits per heavy atom. The van der Waals surface area contributed by atoms with E-state index >= 15 is 0 Å². The minimum Gasteiger partial charge on any atom is -0.380 e. The highest BCUT2D eigenvalue weighted by Crippen LogP contribution is 2.31. The fourth-order valence-electron chi connectivity index (χ4n) is 1.81. The van der Waals surface area contributed by atoms with Crippen molar-refractivity contribution in [1.82, 2.24) is 0 Å². The Morgan fingerprint density at radius 3 is 3.00 bits per heavy atom. The fourth-order valence-corrected chi connectivity index (χ4v) is 1.81. The second kappa shape index (κ2) is 3.53. The number of amides is 1. The Hall–Kier alpha value is -1.58. The molecule has 2 rings (SSSR count). The summed E-state index contributed by atoms with van der Waals surface area (Å²) in [5.74, 6) is -0.441. The van der Waals surface area contributed by atoms with Crippen molar-refractivity contribution in [3.05, 3.63) is 24.0 Å². The molecule has 1 aromatic carbocycles. The lowest BCUT2D eigenvalue weighted by Crippen LogP contribution is -2.27. The number of para-hydroxylation sites is 1. The van der Waals surface area contributed by atoms with E-state index in [0.29, 0.717) is 17.8 Å². The average Bonchev–Trinajstić information content (AvgIpc) is 2.26. The SMILES string of the molecule is CC1CC(=O)N(C)c2c(F)cccc2N1. The number of carbonyl (C=O) groups is 1. The molecule has 0 radical (unpaired) electrons. The number of hydrogen-bond acceptors (Lipinski definition) is 2. The van der Waals surface area contributed by atoms with Gasteiger partial charge >= 0.3 is 0 Å². The van der Waals surface area contributed by atoms with Gasteiger partial charge in [-0.2, -0.15) is 0 Å². The monoisotopic (exact) mass is 208 g/mol. The minimum absolute atomic E-state index is 0.0306. The molecule has 15 heavy (non-hydrogen) atoms.